The lowest BCUT2D eigenvalue weighted by atomic mass is 10.2. The quantitative estimate of drug-likeness (QED) is 0.151. The van der Waals surface area contributed by atoms with Crippen molar-refractivity contribution in [3.05, 3.63) is 90.5 Å². The van der Waals surface area contributed by atoms with Crippen LogP contribution in [-0.2, 0) is 25.2 Å². The first-order chi connectivity index (χ1) is 15.4. The van der Waals surface area contributed by atoms with Gasteiger partial charge in [-0.15, -0.1) is 0 Å². The van der Waals surface area contributed by atoms with Gasteiger partial charge in [-0.1, -0.05) is 52.3 Å². The van der Waals surface area contributed by atoms with E-state index >= 15 is 0 Å². The lowest BCUT2D eigenvalue weighted by Gasteiger charge is -2.14. The zero-order valence-electron chi connectivity index (χ0n) is 18.1. The van der Waals surface area contributed by atoms with E-state index in [9.17, 15) is 9.59 Å². The van der Waals surface area contributed by atoms with Crippen LogP contribution in [0.15, 0.2) is 99.6 Å². The lowest BCUT2D eigenvalue weighted by Crippen LogP contribution is -2.27. The Bertz CT molecular complexity index is 976. The molecule has 0 aromatic heterocycles. The molecule has 0 N–H and O–H groups in total. The molecule has 0 fully saturated rings. The van der Waals surface area contributed by atoms with Gasteiger partial charge in [0, 0.05) is 6.42 Å². The molecule has 0 radical (unpaired) electrons. The zero-order chi connectivity index (χ0) is 23.0. The highest BCUT2D eigenvalue weighted by atomic mass is 79.9. The summed E-state index contributed by atoms with van der Waals surface area (Å²) in [4.78, 5) is 27.6. The van der Waals surface area contributed by atoms with E-state index in [1.165, 1.54) is 9.79 Å². The second kappa shape index (κ2) is 11.3. The predicted octanol–water partition coefficient (Wildman–Crippen LogP) is 6.05. The normalized spacial score (nSPS) is 11.2. The maximum atomic E-state index is 12.4. The van der Waals surface area contributed by atoms with Crippen LogP contribution in [0, 0.1) is 0 Å². The molecule has 0 spiro atoms. The molecule has 0 bridgehead atoms. The first-order valence-electron chi connectivity index (χ1n) is 10.3. The molecule has 166 valence electrons. The molecule has 0 amide bonds. The minimum atomic E-state index is -0.719. The highest BCUT2D eigenvalue weighted by Gasteiger charge is 2.28. The number of benzene rings is 3. The summed E-state index contributed by atoms with van der Waals surface area (Å²) in [5, 5.41) is 0. The van der Waals surface area contributed by atoms with E-state index in [4.69, 9.17) is 9.47 Å². The zero-order valence-corrected chi connectivity index (χ0v) is 20.5. The van der Waals surface area contributed by atoms with Gasteiger partial charge in [0.15, 0.2) is 14.7 Å². The highest BCUT2D eigenvalue weighted by Crippen LogP contribution is 2.31. The summed E-state index contributed by atoms with van der Waals surface area (Å²) in [6, 6.07) is 28.3. The minimum Gasteiger partial charge on any atom is -0.465 e. The fraction of sp³-hybridized carbons (Fsp3) is 0.231. The number of carbonyl (C=O) groups excluding carboxylic acids is 2. The van der Waals surface area contributed by atoms with Crippen molar-refractivity contribution >= 4 is 38.8 Å². The van der Waals surface area contributed by atoms with Crippen LogP contribution in [0.25, 0.3) is 0 Å². The number of alkyl halides is 1. The molecule has 0 aliphatic rings. The third kappa shape index (κ3) is 6.71. The second-order valence-electron chi connectivity index (χ2n) is 7.55. The van der Waals surface area contributed by atoms with Gasteiger partial charge in [-0.2, -0.15) is 0 Å². The summed E-state index contributed by atoms with van der Waals surface area (Å²) in [6.07, 6.45) is 0.449. The number of esters is 2. The number of hydrogen-bond donors (Lipinski definition) is 0. The minimum absolute atomic E-state index is 0.189. The third-order valence-electron chi connectivity index (χ3n) is 4.52. The number of ether oxygens (including phenoxy) is 2. The van der Waals surface area contributed by atoms with Gasteiger partial charge >= 0.3 is 11.9 Å². The van der Waals surface area contributed by atoms with Crippen molar-refractivity contribution in [3.8, 4) is 0 Å². The summed E-state index contributed by atoms with van der Waals surface area (Å²) < 4.78 is 9.75. The number of hydrogen-bond acceptors (Lipinski definition) is 4. The van der Waals surface area contributed by atoms with E-state index in [0.717, 1.165) is 4.90 Å². The third-order valence-corrected chi connectivity index (χ3v) is 7.08. The topological polar surface area (TPSA) is 52.6 Å². The van der Waals surface area contributed by atoms with Gasteiger partial charge in [-0.3, -0.25) is 4.79 Å². The number of halogens is 1. The molecule has 0 heterocycles. The molecule has 32 heavy (non-hydrogen) atoms. The molecule has 0 atom stereocenters. The van der Waals surface area contributed by atoms with Crippen molar-refractivity contribution in [3.63, 3.8) is 0 Å². The molecule has 0 unspecified atom stereocenters. The van der Waals surface area contributed by atoms with E-state index in [1.807, 2.05) is 48.5 Å². The second-order valence-corrected chi connectivity index (χ2v) is 11.6. The van der Waals surface area contributed by atoms with Gasteiger partial charge < -0.3 is 9.47 Å². The summed E-state index contributed by atoms with van der Waals surface area (Å²) in [7, 11) is -0.261. The summed E-state index contributed by atoms with van der Waals surface area (Å²) >= 11 is 3.25. The van der Waals surface area contributed by atoms with Gasteiger partial charge in [0.05, 0.1) is 29.7 Å². The molecule has 4 nitrogen and oxygen atoms in total. The molecule has 3 rings (SSSR count). The van der Waals surface area contributed by atoms with E-state index in [2.05, 4.69) is 40.2 Å². The van der Waals surface area contributed by atoms with Crippen LogP contribution in [0.1, 0.15) is 30.6 Å². The van der Waals surface area contributed by atoms with E-state index < -0.39 is 4.32 Å². The molecule has 0 aliphatic carbocycles. The number of rotatable bonds is 9. The average molecular weight is 514 g/mol. The number of carbonyl (C=O) groups is 2. The Balaban J connectivity index is 1.62. The first kappa shape index (κ1) is 24.1. The average Bonchev–Trinajstić information content (AvgIpc) is 2.80. The SMILES string of the molecule is CC(C)(Br)C(=O)OCCCOC(=O)c1ccc([S+](c2ccccc2)c2ccccc2)cc1. The predicted molar refractivity (Wildman–Crippen MR) is 130 cm³/mol. The Labute approximate surface area is 200 Å². The van der Waals surface area contributed by atoms with Crippen LogP contribution in [0.2, 0.25) is 0 Å². The molecule has 0 aliphatic heterocycles. The van der Waals surface area contributed by atoms with E-state index in [0.29, 0.717) is 12.0 Å². The summed E-state index contributed by atoms with van der Waals surface area (Å²) in [6.45, 7) is 3.84. The molecular weight excluding hydrogens is 488 g/mol. The summed E-state index contributed by atoms with van der Waals surface area (Å²) in [5.74, 6) is -0.727. The van der Waals surface area contributed by atoms with Crippen LogP contribution in [0.3, 0.4) is 0 Å². The van der Waals surface area contributed by atoms with Crippen LogP contribution in [-0.4, -0.2) is 29.5 Å². The smallest absolute Gasteiger partial charge is 0.338 e. The molecule has 6 heteroatoms. The largest absolute Gasteiger partial charge is 0.465 e. The van der Waals surface area contributed by atoms with E-state index in [-0.39, 0.29) is 36.0 Å². The fourth-order valence-corrected chi connectivity index (χ4v) is 5.09. The fourth-order valence-electron chi connectivity index (χ4n) is 2.89. The van der Waals surface area contributed by atoms with Crippen LogP contribution in [0.5, 0.6) is 0 Å². The van der Waals surface area contributed by atoms with Crippen LogP contribution >= 0.6 is 15.9 Å². The lowest BCUT2D eigenvalue weighted by molar-refractivity contribution is -0.145. The van der Waals surface area contributed by atoms with Gasteiger partial charge in [-0.25, -0.2) is 4.79 Å². The maximum absolute atomic E-state index is 12.4. The Morgan fingerprint density at radius 1 is 0.750 bits per heavy atom. The van der Waals surface area contributed by atoms with Crippen molar-refractivity contribution < 1.29 is 19.1 Å². The monoisotopic (exact) mass is 513 g/mol. The van der Waals surface area contributed by atoms with Crippen LogP contribution in [0.4, 0.5) is 0 Å². The van der Waals surface area contributed by atoms with E-state index in [1.54, 1.807) is 26.0 Å². The van der Waals surface area contributed by atoms with Crippen molar-refractivity contribution in [2.45, 2.75) is 39.3 Å². The van der Waals surface area contributed by atoms with Crippen LogP contribution < -0.4 is 0 Å². The maximum Gasteiger partial charge on any atom is 0.338 e. The summed E-state index contributed by atoms with van der Waals surface area (Å²) in [5.41, 5.74) is 0.497. The first-order valence-corrected chi connectivity index (χ1v) is 12.4. The Morgan fingerprint density at radius 3 is 1.72 bits per heavy atom. The van der Waals surface area contributed by atoms with Crippen molar-refractivity contribution in [2.75, 3.05) is 13.2 Å². The standard InChI is InChI=1S/C26H26BrO4S/c1-26(2,27)25(29)31-19-9-18-30-24(28)20-14-16-23(17-15-20)32(21-10-5-3-6-11-21)22-12-7-4-8-13-22/h3-8,10-17H,9,18-19H2,1-2H3/q+1. The highest BCUT2D eigenvalue weighted by molar-refractivity contribution is 9.10. The molecule has 0 saturated heterocycles. The Hall–Kier alpha value is -2.57. The molecule has 0 saturated carbocycles. The molecule has 3 aromatic carbocycles. The molecular formula is C26H26BrO4S+. The van der Waals surface area contributed by atoms with Crippen molar-refractivity contribution in [1.82, 2.24) is 0 Å². The van der Waals surface area contributed by atoms with Gasteiger partial charge in [-0.05, 0) is 62.4 Å². The Kier molecular flexibility index (Phi) is 8.53. The van der Waals surface area contributed by atoms with Gasteiger partial charge in [0.25, 0.3) is 0 Å². The Morgan fingerprint density at radius 2 is 1.22 bits per heavy atom. The van der Waals surface area contributed by atoms with Gasteiger partial charge in [0.1, 0.15) is 4.32 Å². The van der Waals surface area contributed by atoms with Crippen molar-refractivity contribution in [1.29, 1.82) is 0 Å². The van der Waals surface area contributed by atoms with Crippen molar-refractivity contribution in [2.24, 2.45) is 0 Å². The van der Waals surface area contributed by atoms with Gasteiger partial charge in [0.2, 0.25) is 0 Å². The molecule has 3 aromatic rings.